The summed E-state index contributed by atoms with van der Waals surface area (Å²) in [5.41, 5.74) is 0.685. The second-order valence-electron chi connectivity index (χ2n) is 5.55. The highest BCUT2D eigenvalue weighted by atomic mass is 35.5. The molecule has 5 heteroatoms. The lowest BCUT2D eigenvalue weighted by molar-refractivity contribution is 0.0726. The summed E-state index contributed by atoms with van der Waals surface area (Å²) in [6.45, 7) is 1.85. The van der Waals surface area contributed by atoms with Crippen LogP contribution in [0.1, 0.15) is 43.4 Å². The maximum absolute atomic E-state index is 12.9. The molecule has 0 saturated heterocycles. The van der Waals surface area contributed by atoms with Gasteiger partial charge in [-0.05, 0) is 38.3 Å². The lowest BCUT2D eigenvalue weighted by atomic mass is 10.1. The summed E-state index contributed by atoms with van der Waals surface area (Å²) in [7, 11) is 1.70. The molecular formula is C16H19ClN2O2. The average Bonchev–Trinajstić information content (AvgIpc) is 2.95. The molecule has 4 nitrogen and oxygen atoms in total. The minimum Gasteiger partial charge on any atom is -0.379 e. The zero-order valence-corrected chi connectivity index (χ0v) is 13.0. The van der Waals surface area contributed by atoms with E-state index in [1.54, 1.807) is 11.7 Å². The average molecular weight is 307 g/mol. The van der Waals surface area contributed by atoms with Crippen molar-refractivity contribution in [1.82, 2.24) is 9.55 Å². The first kappa shape index (κ1) is 14.5. The van der Waals surface area contributed by atoms with Crippen LogP contribution in [0, 0.1) is 0 Å². The number of hydrogen-bond acceptors (Lipinski definition) is 3. The fourth-order valence-electron chi connectivity index (χ4n) is 3.24. The number of fused-ring (bicyclic) bond motifs is 1. The van der Waals surface area contributed by atoms with E-state index in [4.69, 9.17) is 16.3 Å². The Kier molecular flexibility index (Phi) is 4.00. The summed E-state index contributed by atoms with van der Waals surface area (Å²) in [6.07, 6.45) is 3.00. The molecular weight excluding hydrogens is 288 g/mol. The summed E-state index contributed by atoms with van der Waals surface area (Å²) in [5.74, 6) is 0.634. The first-order valence-electron chi connectivity index (χ1n) is 7.31. The number of nitrogens with zero attached hydrogens (tertiary/aromatic N) is 2. The largest absolute Gasteiger partial charge is 0.379 e. The number of alkyl halides is 1. The Morgan fingerprint density at radius 1 is 1.38 bits per heavy atom. The van der Waals surface area contributed by atoms with Gasteiger partial charge >= 0.3 is 0 Å². The van der Waals surface area contributed by atoms with Crippen molar-refractivity contribution in [2.45, 2.75) is 43.7 Å². The summed E-state index contributed by atoms with van der Waals surface area (Å²) < 4.78 is 7.31. The molecule has 1 aliphatic rings. The van der Waals surface area contributed by atoms with Gasteiger partial charge in [-0.1, -0.05) is 12.1 Å². The van der Waals surface area contributed by atoms with Crippen molar-refractivity contribution in [1.29, 1.82) is 0 Å². The molecule has 3 unspecified atom stereocenters. The Hall–Kier alpha value is -1.39. The molecule has 3 rings (SSSR count). The van der Waals surface area contributed by atoms with Gasteiger partial charge in [-0.2, -0.15) is 0 Å². The molecule has 0 aliphatic heterocycles. The van der Waals surface area contributed by atoms with E-state index in [0.717, 1.165) is 19.3 Å². The Morgan fingerprint density at radius 3 is 2.86 bits per heavy atom. The SMILES string of the molecule is COC1CCCC1n1c(C(C)Cl)nc2ccccc2c1=O. The molecule has 0 amide bonds. The van der Waals surface area contributed by atoms with Gasteiger partial charge in [0.25, 0.3) is 5.56 Å². The summed E-state index contributed by atoms with van der Waals surface area (Å²) in [6, 6.07) is 7.44. The highest BCUT2D eigenvalue weighted by molar-refractivity contribution is 6.20. The van der Waals surface area contributed by atoms with Crippen LogP contribution in [0.25, 0.3) is 10.9 Å². The van der Waals surface area contributed by atoms with E-state index < -0.39 is 0 Å². The number of benzene rings is 1. The van der Waals surface area contributed by atoms with Crippen molar-refractivity contribution in [3.8, 4) is 0 Å². The molecule has 0 bridgehead atoms. The Morgan fingerprint density at radius 2 is 2.14 bits per heavy atom. The predicted molar refractivity (Wildman–Crippen MR) is 84.0 cm³/mol. The molecule has 0 radical (unpaired) electrons. The first-order chi connectivity index (χ1) is 10.1. The molecule has 1 aromatic carbocycles. The Balaban J connectivity index is 2.26. The van der Waals surface area contributed by atoms with Gasteiger partial charge in [0, 0.05) is 7.11 Å². The van der Waals surface area contributed by atoms with E-state index in [1.165, 1.54) is 0 Å². The van der Waals surface area contributed by atoms with Crippen LogP contribution in [0.2, 0.25) is 0 Å². The number of methoxy groups -OCH3 is 1. The normalized spacial score (nSPS) is 23.6. The highest BCUT2D eigenvalue weighted by Gasteiger charge is 2.32. The van der Waals surface area contributed by atoms with Crippen molar-refractivity contribution in [2.24, 2.45) is 0 Å². The maximum atomic E-state index is 12.9. The van der Waals surface area contributed by atoms with Crippen molar-refractivity contribution in [3.63, 3.8) is 0 Å². The summed E-state index contributed by atoms with van der Waals surface area (Å²) in [4.78, 5) is 17.5. The van der Waals surface area contributed by atoms with Gasteiger partial charge in [0.15, 0.2) is 0 Å². The highest BCUT2D eigenvalue weighted by Crippen LogP contribution is 2.34. The van der Waals surface area contributed by atoms with E-state index in [-0.39, 0.29) is 23.1 Å². The fraction of sp³-hybridized carbons (Fsp3) is 0.500. The van der Waals surface area contributed by atoms with Gasteiger partial charge in [-0.25, -0.2) is 4.98 Å². The molecule has 0 N–H and O–H groups in total. The minimum atomic E-state index is -0.319. The second kappa shape index (κ2) is 5.78. The fourth-order valence-corrected chi connectivity index (χ4v) is 3.39. The molecule has 21 heavy (non-hydrogen) atoms. The number of aromatic nitrogens is 2. The summed E-state index contributed by atoms with van der Waals surface area (Å²) >= 11 is 6.29. The van der Waals surface area contributed by atoms with E-state index in [0.29, 0.717) is 16.7 Å². The topological polar surface area (TPSA) is 44.1 Å². The van der Waals surface area contributed by atoms with Crippen LogP contribution in [0.3, 0.4) is 0 Å². The van der Waals surface area contributed by atoms with Crippen LogP contribution in [0.5, 0.6) is 0 Å². The predicted octanol–water partition coefficient (Wildman–Crippen LogP) is 3.44. The molecule has 2 aromatic rings. The molecule has 112 valence electrons. The van der Waals surface area contributed by atoms with Crippen LogP contribution in [-0.4, -0.2) is 22.8 Å². The molecule has 1 fully saturated rings. The lowest BCUT2D eigenvalue weighted by Gasteiger charge is -2.24. The molecule has 1 saturated carbocycles. The van der Waals surface area contributed by atoms with Gasteiger partial charge in [0.1, 0.15) is 5.82 Å². The molecule has 3 atom stereocenters. The van der Waals surface area contributed by atoms with Crippen LogP contribution < -0.4 is 5.56 Å². The van der Waals surface area contributed by atoms with Crippen LogP contribution in [-0.2, 0) is 4.74 Å². The van der Waals surface area contributed by atoms with Crippen molar-refractivity contribution in [3.05, 3.63) is 40.4 Å². The number of para-hydroxylation sites is 1. The third-order valence-electron chi connectivity index (χ3n) is 4.24. The van der Waals surface area contributed by atoms with Crippen molar-refractivity contribution >= 4 is 22.5 Å². The number of hydrogen-bond donors (Lipinski definition) is 0. The lowest BCUT2D eigenvalue weighted by Crippen LogP contribution is -2.34. The number of ether oxygens (including phenoxy) is 1. The molecule has 1 heterocycles. The van der Waals surface area contributed by atoms with Crippen molar-refractivity contribution in [2.75, 3.05) is 7.11 Å². The number of rotatable bonds is 3. The number of halogens is 1. The van der Waals surface area contributed by atoms with Gasteiger partial charge < -0.3 is 4.74 Å². The molecule has 0 spiro atoms. The van der Waals surface area contributed by atoms with Crippen LogP contribution in [0.4, 0.5) is 0 Å². The molecule has 1 aliphatic carbocycles. The van der Waals surface area contributed by atoms with E-state index in [1.807, 2.05) is 31.2 Å². The quantitative estimate of drug-likeness (QED) is 0.816. The van der Waals surface area contributed by atoms with Crippen LogP contribution >= 0.6 is 11.6 Å². The van der Waals surface area contributed by atoms with E-state index in [2.05, 4.69) is 4.98 Å². The monoisotopic (exact) mass is 306 g/mol. The zero-order chi connectivity index (χ0) is 15.0. The maximum Gasteiger partial charge on any atom is 0.261 e. The Bertz CT molecular complexity index is 711. The Labute approximate surface area is 128 Å². The van der Waals surface area contributed by atoms with E-state index >= 15 is 0 Å². The van der Waals surface area contributed by atoms with Gasteiger partial charge in [-0.3, -0.25) is 9.36 Å². The molecule has 1 aromatic heterocycles. The smallest absolute Gasteiger partial charge is 0.261 e. The van der Waals surface area contributed by atoms with Crippen LogP contribution in [0.15, 0.2) is 29.1 Å². The zero-order valence-electron chi connectivity index (χ0n) is 12.3. The minimum absolute atomic E-state index is 0.0166. The first-order valence-corrected chi connectivity index (χ1v) is 7.75. The van der Waals surface area contributed by atoms with E-state index in [9.17, 15) is 4.79 Å². The standard InChI is InChI=1S/C16H19ClN2O2/c1-10(17)15-18-12-7-4-3-6-11(12)16(20)19(15)13-8-5-9-14(13)21-2/h3-4,6-7,10,13-14H,5,8-9H2,1-2H3. The third kappa shape index (κ3) is 2.47. The van der Waals surface area contributed by atoms with Gasteiger partial charge in [0.05, 0.1) is 28.4 Å². The van der Waals surface area contributed by atoms with Crippen molar-refractivity contribution < 1.29 is 4.74 Å². The second-order valence-corrected chi connectivity index (χ2v) is 6.21. The van der Waals surface area contributed by atoms with Gasteiger partial charge in [0.2, 0.25) is 0 Å². The summed E-state index contributed by atoms with van der Waals surface area (Å²) in [5, 5.41) is 0.320. The third-order valence-corrected chi connectivity index (χ3v) is 4.44. The van der Waals surface area contributed by atoms with Gasteiger partial charge in [-0.15, -0.1) is 11.6 Å².